The van der Waals surface area contributed by atoms with Gasteiger partial charge in [0.2, 0.25) is 0 Å². The summed E-state index contributed by atoms with van der Waals surface area (Å²) in [5.74, 6) is 0.851. The second-order valence-corrected chi connectivity index (χ2v) is 3.92. The van der Waals surface area contributed by atoms with Gasteiger partial charge < -0.3 is 4.42 Å². The van der Waals surface area contributed by atoms with Gasteiger partial charge in [0, 0.05) is 25.6 Å². The molecule has 2 heterocycles. The molecule has 0 amide bonds. The largest absolute Gasteiger partial charge is 0.469 e. The monoisotopic (exact) mass is 232 g/mol. The van der Waals surface area contributed by atoms with Crippen molar-refractivity contribution in [1.29, 1.82) is 0 Å². The van der Waals surface area contributed by atoms with Crippen LogP contribution in [0.25, 0.3) is 0 Å². The number of aromatic nitrogens is 2. The minimum atomic E-state index is 0.0891. The van der Waals surface area contributed by atoms with E-state index in [1.54, 1.807) is 18.5 Å². The van der Waals surface area contributed by atoms with Gasteiger partial charge in [0.1, 0.15) is 5.76 Å². The Balaban J connectivity index is 2.11. The fourth-order valence-corrected chi connectivity index (χ4v) is 1.81. The quantitative estimate of drug-likeness (QED) is 0.744. The molecule has 0 saturated carbocycles. The van der Waals surface area contributed by atoms with Crippen molar-refractivity contribution in [2.24, 2.45) is 0 Å². The lowest BCUT2D eigenvalue weighted by Gasteiger charge is -1.98. The highest BCUT2D eigenvalue weighted by Gasteiger charge is 2.14. The zero-order chi connectivity index (χ0) is 12.3. The van der Waals surface area contributed by atoms with Gasteiger partial charge in [0.25, 0.3) is 0 Å². The van der Waals surface area contributed by atoms with E-state index in [1.165, 1.54) is 0 Å². The predicted octanol–water partition coefficient (Wildman–Crippen LogP) is 2.48. The first-order valence-corrected chi connectivity index (χ1v) is 5.85. The van der Waals surface area contributed by atoms with Crippen LogP contribution in [0.15, 0.2) is 29.1 Å². The van der Waals surface area contributed by atoms with Crippen LogP contribution in [0.3, 0.4) is 0 Å². The van der Waals surface area contributed by atoms with Crippen LogP contribution in [0.1, 0.15) is 35.5 Å². The lowest BCUT2D eigenvalue weighted by molar-refractivity contribution is 0.0991. The molecule has 17 heavy (non-hydrogen) atoms. The van der Waals surface area contributed by atoms with E-state index < -0.39 is 0 Å². The SMILES string of the molecule is CCc1occc1C(=O)Cc1cnn(CC)c1. The van der Waals surface area contributed by atoms with E-state index in [-0.39, 0.29) is 5.78 Å². The number of hydrogen-bond acceptors (Lipinski definition) is 3. The highest BCUT2D eigenvalue weighted by atomic mass is 16.3. The molecule has 2 aromatic heterocycles. The third kappa shape index (κ3) is 2.46. The zero-order valence-corrected chi connectivity index (χ0v) is 10.1. The summed E-state index contributed by atoms with van der Waals surface area (Å²) in [7, 11) is 0. The Labute approximate surface area is 100 Å². The summed E-state index contributed by atoms with van der Waals surface area (Å²) >= 11 is 0. The number of carbonyl (C=O) groups is 1. The van der Waals surface area contributed by atoms with Crippen molar-refractivity contribution < 1.29 is 9.21 Å². The first kappa shape index (κ1) is 11.6. The molecule has 0 spiro atoms. The van der Waals surface area contributed by atoms with Crippen LogP contribution in [0.4, 0.5) is 0 Å². The van der Waals surface area contributed by atoms with Crippen LogP contribution in [-0.2, 0) is 19.4 Å². The maximum absolute atomic E-state index is 12.1. The van der Waals surface area contributed by atoms with Crippen molar-refractivity contribution in [2.75, 3.05) is 0 Å². The molecular formula is C13H16N2O2. The summed E-state index contributed by atoms with van der Waals surface area (Å²) in [6, 6.07) is 1.74. The van der Waals surface area contributed by atoms with Crippen molar-refractivity contribution in [1.82, 2.24) is 9.78 Å². The highest BCUT2D eigenvalue weighted by molar-refractivity contribution is 5.98. The van der Waals surface area contributed by atoms with E-state index in [2.05, 4.69) is 5.10 Å². The predicted molar refractivity (Wildman–Crippen MR) is 64.0 cm³/mol. The Hall–Kier alpha value is -1.84. The first-order valence-electron chi connectivity index (χ1n) is 5.85. The van der Waals surface area contributed by atoms with Crippen LogP contribution < -0.4 is 0 Å². The van der Waals surface area contributed by atoms with Crippen LogP contribution in [0, 0.1) is 0 Å². The van der Waals surface area contributed by atoms with Crippen LogP contribution in [-0.4, -0.2) is 15.6 Å². The zero-order valence-electron chi connectivity index (χ0n) is 10.1. The standard InChI is InChI=1S/C13H16N2O2/c1-3-13-11(5-6-17-13)12(16)7-10-8-14-15(4-2)9-10/h5-6,8-9H,3-4,7H2,1-2H3. The summed E-state index contributed by atoms with van der Waals surface area (Å²) < 4.78 is 7.08. The lowest BCUT2D eigenvalue weighted by atomic mass is 10.1. The number of rotatable bonds is 5. The number of aryl methyl sites for hydroxylation is 2. The van der Waals surface area contributed by atoms with Crippen LogP contribution in [0.2, 0.25) is 0 Å². The van der Waals surface area contributed by atoms with Crippen molar-refractivity contribution in [3.8, 4) is 0 Å². The number of furan rings is 1. The molecule has 0 aromatic carbocycles. The van der Waals surface area contributed by atoms with Crippen molar-refractivity contribution >= 4 is 5.78 Å². The fourth-order valence-electron chi connectivity index (χ4n) is 1.81. The van der Waals surface area contributed by atoms with E-state index in [9.17, 15) is 4.79 Å². The molecule has 0 radical (unpaired) electrons. The molecule has 4 nitrogen and oxygen atoms in total. The molecule has 90 valence electrons. The third-order valence-corrected chi connectivity index (χ3v) is 2.74. The first-order chi connectivity index (χ1) is 8.24. The van der Waals surface area contributed by atoms with Crippen LogP contribution in [0.5, 0.6) is 0 Å². The van der Waals surface area contributed by atoms with Gasteiger partial charge in [0.05, 0.1) is 18.0 Å². The van der Waals surface area contributed by atoms with E-state index in [1.807, 2.05) is 24.7 Å². The van der Waals surface area contributed by atoms with Gasteiger partial charge in [-0.1, -0.05) is 6.92 Å². The average molecular weight is 232 g/mol. The second kappa shape index (κ2) is 4.99. The summed E-state index contributed by atoms with van der Waals surface area (Å²) in [6.07, 6.45) is 6.34. The molecule has 0 bridgehead atoms. The summed E-state index contributed by atoms with van der Waals surface area (Å²) in [6.45, 7) is 4.81. The van der Waals surface area contributed by atoms with Gasteiger partial charge in [0.15, 0.2) is 5.78 Å². The molecule has 0 N–H and O–H groups in total. The van der Waals surface area contributed by atoms with E-state index in [0.29, 0.717) is 12.0 Å². The Kier molecular flexibility index (Phi) is 3.42. The molecule has 0 fully saturated rings. The minimum absolute atomic E-state index is 0.0891. The summed E-state index contributed by atoms with van der Waals surface area (Å²) in [5, 5.41) is 4.15. The minimum Gasteiger partial charge on any atom is -0.469 e. The molecule has 0 aliphatic carbocycles. The number of Topliss-reactive ketones (excluding diaryl/α,β-unsaturated/α-hetero) is 1. The van der Waals surface area contributed by atoms with E-state index in [0.717, 1.165) is 24.3 Å². The van der Waals surface area contributed by atoms with Crippen molar-refractivity contribution in [2.45, 2.75) is 33.2 Å². The number of ketones is 1. The van der Waals surface area contributed by atoms with E-state index in [4.69, 9.17) is 4.42 Å². The molecule has 0 unspecified atom stereocenters. The molecular weight excluding hydrogens is 216 g/mol. The normalized spacial score (nSPS) is 10.7. The molecule has 0 atom stereocenters. The fraction of sp³-hybridized carbons (Fsp3) is 0.385. The third-order valence-electron chi connectivity index (χ3n) is 2.74. The molecule has 0 aliphatic heterocycles. The van der Waals surface area contributed by atoms with Crippen molar-refractivity contribution in [3.05, 3.63) is 41.6 Å². The number of hydrogen-bond donors (Lipinski definition) is 0. The van der Waals surface area contributed by atoms with Gasteiger partial charge in [-0.25, -0.2) is 0 Å². The Morgan fingerprint density at radius 2 is 2.29 bits per heavy atom. The maximum Gasteiger partial charge on any atom is 0.170 e. The van der Waals surface area contributed by atoms with Crippen LogP contribution >= 0.6 is 0 Å². The lowest BCUT2D eigenvalue weighted by Crippen LogP contribution is -2.04. The Morgan fingerprint density at radius 1 is 1.47 bits per heavy atom. The summed E-state index contributed by atoms with van der Waals surface area (Å²) in [5.41, 5.74) is 1.64. The number of carbonyl (C=O) groups excluding carboxylic acids is 1. The average Bonchev–Trinajstić information content (AvgIpc) is 2.96. The molecule has 2 aromatic rings. The van der Waals surface area contributed by atoms with Gasteiger partial charge in [-0.3, -0.25) is 9.48 Å². The summed E-state index contributed by atoms with van der Waals surface area (Å²) in [4.78, 5) is 12.1. The Bertz CT molecular complexity index is 511. The number of nitrogens with zero attached hydrogens (tertiary/aromatic N) is 2. The molecule has 0 saturated heterocycles. The van der Waals surface area contributed by atoms with Gasteiger partial charge in [-0.15, -0.1) is 0 Å². The van der Waals surface area contributed by atoms with Gasteiger partial charge >= 0.3 is 0 Å². The van der Waals surface area contributed by atoms with Gasteiger partial charge in [-0.2, -0.15) is 5.10 Å². The molecule has 0 aliphatic rings. The maximum atomic E-state index is 12.1. The topological polar surface area (TPSA) is 48.0 Å². The Morgan fingerprint density at radius 3 is 2.94 bits per heavy atom. The van der Waals surface area contributed by atoms with Gasteiger partial charge in [-0.05, 0) is 18.6 Å². The van der Waals surface area contributed by atoms with Crippen molar-refractivity contribution in [3.63, 3.8) is 0 Å². The highest BCUT2D eigenvalue weighted by Crippen LogP contribution is 2.14. The van der Waals surface area contributed by atoms with E-state index >= 15 is 0 Å². The second-order valence-electron chi connectivity index (χ2n) is 3.92. The molecule has 2 rings (SSSR count). The molecule has 4 heteroatoms. The smallest absolute Gasteiger partial charge is 0.170 e.